The van der Waals surface area contributed by atoms with Gasteiger partial charge in [-0.15, -0.1) is 5.10 Å². The molecule has 0 aliphatic carbocycles. The molecule has 0 aliphatic rings. The summed E-state index contributed by atoms with van der Waals surface area (Å²) >= 11 is 1.08. The molecule has 0 radical (unpaired) electrons. The number of unbranched alkanes of at least 4 members (excludes halogenated alkanes) is 13. The molecule has 230 valence electrons. The van der Waals surface area contributed by atoms with Gasteiger partial charge in [-0.25, -0.2) is 0 Å². The molecule has 0 saturated heterocycles. The minimum Gasteiger partial charge on any atom is -0.494 e. The first-order valence-corrected chi connectivity index (χ1v) is 17.6. The number of ketones is 1. The molecule has 0 spiro atoms. The van der Waals surface area contributed by atoms with E-state index in [1.165, 1.54) is 87.4 Å². The van der Waals surface area contributed by atoms with Crippen LogP contribution in [-0.4, -0.2) is 51.3 Å². The van der Waals surface area contributed by atoms with Crippen molar-refractivity contribution in [3.05, 3.63) is 54.1 Å². The molecule has 0 atom stereocenters. The number of benzene rings is 2. The maximum Gasteiger partial charge on any atom is 0.295 e. The Morgan fingerprint density at radius 1 is 0.857 bits per heavy atom. The average Bonchev–Trinajstić information content (AvgIpc) is 3.46. The molecular weight excluding hydrogens is 572 g/mol. The van der Waals surface area contributed by atoms with Gasteiger partial charge in [-0.3, -0.25) is 9.35 Å². The van der Waals surface area contributed by atoms with Gasteiger partial charge in [0.1, 0.15) is 10.6 Å². The Hall–Kier alpha value is -2.76. The number of hydrogen-bond donors (Lipinski definition) is 1. The molecule has 42 heavy (non-hydrogen) atoms. The molecule has 9 nitrogen and oxygen atoms in total. The number of rotatable bonds is 22. The summed E-state index contributed by atoms with van der Waals surface area (Å²) in [5.41, 5.74) is 0.629. The van der Waals surface area contributed by atoms with Crippen LogP contribution in [0.15, 0.2) is 58.6 Å². The van der Waals surface area contributed by atoms with E-state index >= 15 is 0 Å². The summed E-state index contributed by atoms with van der Waals surface area (Å²) in [6.45, 7) is 2.69. The topological polar surface area (TPSA) is 124 Å². The fourth-order valence-electron chi connectivity index (χ4n) is 4.73. The van der Waals surface area contributed by atoms with Crippen molar-refractivity contribution in [3.8, 4) is 11.4 Å². The van der Waals surface area contributed by atoms with Crippen molar-refractivity contribution in [2.75, 3.05) is 12.4 Å². The lowest BCUT2D eigenvalue weighted by Crippen LogP contribution is -2.12. The Morgan fingerprint density at radius 3 is 2.05 bits per heavy atom. The van der Waals surface area contributed by atoms with Gasteiger partial charge in [0, 0.05) is 11.6 Å². The number of thioether (sulfide) groups is 1. The third-order valence-corrected chi connectivity index (χ3v) is 8.88. The van der Waals surface area contributed by atoms with Crippen LogP contribution < -0.4 is 4.74 Å². The summed E-state index contributed by atoms with van der Waals surface area (Å²) in [7, 11) is -4.64. The molecule has 0 fully saturated rings. The van der Waals surface area contributed by atoms with Crippen molar-refractivity contribution >= 4 is 27.7 Å². The summed E-state index contributed by atoms with van der Waals surface area (Å²) in [6, 6.07) is 13.4. The second-order valence-electron chi connectivity index (χ2n) is 10.5. The number of ether oxygens (including phenoxy) is 1. The van der Waals surface area contributed by atoms with Crippen LogP contribution in [0.5, 0.6) is 5.75 Å². The molecule has 11 heteroatoms. The summed E-state index contributed by atoms with van der Waals surface area (Å²) in [5, 5.41) is 12.0. The Morgan fingerprint density at radius 2 is 1.45 bits per heavy atom. The van der Waals surface area contributed by atoms with Crippen molar-refractivity contribution in [2.24, 2.45) is 0 Å². The molecule has 0 saturated carbocycles. The van der Waals surface area contributed by atoms with E-state index in [1.807, 2.05) is 30.3 Å². The third-order valence-electron chi connectivity index (χ3n) is 7.07. The lowest BCUT2D eigenvalue weighted by molar-refractivity contribution is 0.101. The zero-order chi connectivity index (χ0) is 30.0. The summed E-state index contributed by atoms with van der Waals surface area (Å²) in [4.78, 5) is 12.5. The molecule has 0 aliphatic heterocycles. The predicted molar refractivity (Wildman–Crippen MR) is 166 cm³/mol. The van der Waals surface area contributed by atoms with Crippen molar-refractivity contribution in [1.82, 2.24) is 20.2 Å². The van der Waals surface area contributed by atoms with Crippen LogP contribution in [0, 0.1) is 0 Å². The van der Waals surface area contributed by atoms with E-state index in [9.17, 15) is 17.8 Å². The molecule has 3 aromatic rings. The lowest BCUT2D eigenvalue weighted by Gasteiger charge is -2.11. The van der Waals surface area contributed by atoms with Crippen LogP contribution >= 0.6 is 11.8 Å². The molecular formula is C31H44N4O5S2. The van der Waals surface area contributed by atoms with Crippen LogP contribution in [-0.2, 0) is 10.1 Å². The van der Waals surface area contributed by atoms with Crippen LogP contribution in [0.1, 0.15) is 107 Å². The van der Waals surface area contributed by atoms with Gasteiger partial charge >= 0.3 is 0 Å². The van der Waals surface area contributed by atoms with Crippen molar-refractivity contribution in [3.63, 3.8) is 0 Å². The standard InChI is InChI=1S/C31H44N4O5S2/c1-2-3-4-5-6-7-8-9-10-11-12-13-14-18-23-40-27-21-22-28(30(24-27)42(37,38)39)29(36)25-41-31-32-33-34-35(31)26-19-16-15-17-20-26/h15-17,19-22,24H,2-14,18,23,25H2,1H3,(H,37,38,39). The monoisotopic (exact) mass is 616 g/mol. The number of aromatic nitrogens is 4. The van der Waals surface area contributed by atoms with Crippen LogP contribution in [0.2, 0.25) is 0 Å². The fraction of sp³-hybridized carbons (Fsp3) is 0.548. The second-order valence-corrected chi connectivity index (χ2v) is 12.8. The van der Waals surface area contributed by atoms with Gasteiger partial charge < -0.3 is 4.74 Å². The van der Waals surface area contributed by atoms with Gasteiger partial charge in [-0.05, 0) is 41.1 Å². The van der Waals surface area contributed by atoms with E-state index in [0.717, 1.165) is 36.7 Å². The van der Waals surface area contributed by atoms with Crippen molar-refractivity contribution in [2.45, 2.75) is 107 Å². The number of carbonyl (C=O) groups excluding carboxylic acids is 1. The molecule has 1 aromatic heterocycles. The molecule has 0 amide bonds. The fourth-order valence-corrected chi connectivity index (χ4v) is 6.23. The maximum absolute atomic E-state index is 13.0. The first-order valence-electron chi connectivity index (χ1n) is 15.1. The van der Waals surface area contributed by atoms with E-state index in [2.05, 4.69) is 22.4 Å². The summed E-state index contributed by atoms with van der Waals surface area (Å²) < 4.78 is 41.3. The Labute approximate surface area is 254 Å². The summed E-state index contributed by atoms with van der Waals surface area (Å²) in [5.74, 6) is -0.294. The Balaban J connectivity index is 1.38. The third kappa shape index (κ3) is 11.9. The van der Waals surface area contributed by atoms with Gasteiger partial charge in [0.2, 0.25) is 5.16 Å². The number of hydrogen-bond acceptors (Lipinski definition) is 8. The van der Waals surface area contributed by atoms with Gasteiger partial charge in [-0.2, -0.15) is 13.1 Å². The SMILES string of the molecule is CCCCCCCCCCCCCCCCOc1ccc(C(=O)CSc2nnnn2-c2ccccc2)c(S(=O)(=O)O)c1. The molecule has 0 unspecified atom stereocenters. The number of para-hydroxylation sites is 1. The van der Waals surface area contributed by atoms with E-state index in [-0.39, 0.29) is 11.3 Å². The molecule has 1 N–H and O–H groups in total. The van der Waals surface area contributed by atoms with Crippen LogP contribution in [0.3, 0.4) is 0 Å². The highest BCUT2D eigenvalue weighted by Crippen LogP contribution is 2.26. The minimum atomic E-state index is -4.64. The molecule has 0 bridgehead atoms. The smallest absolute Gasteiger partial charge is 0.295 e. The Bertz CT molecular complexity index is 1320. The highest BCUT2D eigenvalue weighted by Gasteiger charge is 2.22. The van der Waals surface area contributed by atoms with Gasteiger partial charge in [0.25, 0.3) is 10.1 Å². The number of Topliss-reactive ketones (excluding diaryl/α,β-unsaturated/α-hetero) is 1. The largest absolute Gasteiger partial charge is 0.494 e. The average molecular weight is 617 g/mol. The number of tetrazole rings is 1. The van der Waals surface area contributed by atoms with E-state index < -0.39 is 20.8 Å². The van der Waals surface area contributed by atoms with E-state index in [1.54, 1.807) is 6.07 Å². The second kappa shape index (κ2) is 18.7. The first kappa shape index (κ1) is 33.7. The normalized spacial score (nSPS) is 11.6. The van der Waals surface area contributed by atoms with Gasteiger partial charge in [0.05, 0.1) is 18.0 Å². The van der Waals surface area contributed by atoms with Crippen molar-refractivity contribution < 1.29 is 22.5 Å². The molecule has 3 rings (SSSR count). The Kier molecular flexibility index (Phi) is 15.0. The van der Waals surface area contributed by atoms with Crippen molar-refractivity contribution in [1.29, 1.82) is 0 Å². The van der Waals surface area contributed by atoms with Crippen LogP contribution in [0.4, 0.5) is 0 Å². The highest BCUT2D eigenvalue weighted by atomic mass is 32.2. The summed E-state index contributed by atoms with van der Waals surface area (Å²) in [6.07, 6.45) is 17.7. The van der Waals surface area contributed by atoms with Crippen LogP contribution in [0.25, 0.3) is 5.69 Å². The zero-order valence-corrected chi connectivity index (χ0v) is 26.3. The maximum atomic E-state index is 13.0. The van der Waals surface area contributed by atoms with E-state index in [0.29, 0.717) is 17.5 Å². The minimum absolute atomic E-state index is 0.104. The molecule has 2 aromatic carbocycles. The first-order chi connectivity index (χ1) is 20.4. The molecule has 1 heterocycles. The number of carbonyl (C=O) groups is 1. The lowest BCUT2D eigenvalue weighted by atomic mass is 10.0. The van der Waals surface area contributed by atoms with Gasteiger partial charge in [0.15, 0.2) is 5.78 Å². The van der Waals surface area contributed by atoms with Gasteiger partial charge in [-0.1, -0.05) is 120 Å². The zero-order valence-electron chi connectivity index (χ0n) is 24.6. The quantitative estimate of drug-likeness (QED) is 0.0522. The number of nitrogens with zero attached hydrogens (tertiary/aromatic N) is 4. The predicted octanol–water partition coefficient (Wildman–Crippen LogP) is 7.74. The highest BCUT2D eigenvalue weighted by molar-refractivity contribution is 7.99. The van der Waals surface area contributed by atoms with E-state index in [4.69, 9.17) is 4.74 Å².